The first kappa shape index (κ1) is 52.9. The van der Waals surface area contributed by atoms with Gasteiger partial charge in [0.25, 0.3) is 0 Å². The van der Waals surface area contributed by atoms with Crippen LogP contribution in [0.3, 0.4) is 0 Å². The zero-order chi connectivity index (χ0) is 49.2. The third-order valence-corrected chi connectivity index (χ3v) is 12.1. The molecule has 0 aliphatic carbocycles. The van der Waals surface area contributed by atoms with Crippen molar-refractivity contribution in [2.75, 3.05) is 26.3 Å². The highest BCUT2D eigenvalue weighted by molar-refractivity contribution is 5.75. The molecule has 0 saturated heterocycles. The van der Waals surface area contributed by atoms with Crippen LogP contribution in [-0.4, -0.2) is 42.5 Å². The van der Waals surface area contributed by atoms with Gasteiger partial charge in [0.2, 0.25) is 0 Å². The first-order valence-electron chi connectivity index (χ1n) is 23.7. The molecule has 8 N–H and O–H groups in total. The van der Waals surface area contributed by atoms with Crippen molar-refractivity contribution >= 4 is 5.96 Å². The van der Waals surface area contributed by atoms with E-state index in [1.165, 1.54) is 11.1 Å². The molecule has 0 aromatic heterocycles. The Balaban J connectivity index is 2.02. The van der Waals surface area contributed by atoms with Crippen molar-refractivity contribution in [3.05, 3.63) is 115 Å². The second kappa shape index (κ2) is 19.6. The van der Waals surface area contributed by atoms with Gasteiger partial charge in [-0.1, -0.05) is 173 Å². The molecule has 0 fully saturated rings. The van der Waals surface area contributed by atoms with E-state index < -0.39 is 0 Å². The van der Waals surface area contributed by atoms with Crippen molar-refractivity contribution in [2.24, 2.45) is 27.6 Å². The molecule has 8 nitrogen and oxygen atoms in total. The molecule has 4 aromatic carbocycles. The quantitative estimate of drug-likeness (QED) is 0.0481. The number of nitrogens with two attached hydrogens (primary N) is 3. The maximum Gasteiger partial charge on any atom is 0.186 e. The number of hydrogen-bond donors (Lipinski definition) is 5. The van der Waals surface area contributed by atoms with Crippen LogP contribution >= 0.6 is 0 Å². The fourth-order valence-corrected chi connectivity index (χ4v) is 8.24. The highest BCUT2D eigenvalue weighted by Gasteiger charge is 2.29. The zero-order valence-electron chi connectivity index (χ0n) is 43.7. The third kappa shape index (κ3) is 14.2. The van der Waals surface area contributed by atoms with Crippen LogP contribution < -0.4 is 26.7 Å². The number of benzene rings is 4. The van der Waals surface area contributed by atoms with Gasteiger partial charge in [-0.25, -0.2) is 0 Å². The summed E-state index contributed by atoms with van der Waals surface area (Å²) in [5, 5.41) is 24.6. The minimum absolute atomic E-state index is 0.0136. The van der Waals surface area contributed by atoms with Crippen molar-refractivity contribution in [3.63, 3.8) is 0 Å². The molecule has 4 aromatic rings. The summed E-state index contributed by atoms with van der Waals surface area (Å²) in [6.45, 7) is 41.1. The molecule has 0 unspecified atom stereocenters. The predicted molar refractivity (Wildman–Crippen MR) is 275 cm³/mol. The van der Waals surface area contributed by atoms with Gasteiger partial charge < -0.3 is 36.9 Å². The van der Waals surface area contributed by atoms with Crippen LogP contribution in [0.5, 0.6) is 23.0 Å². The zero-order valence-corrected chi connectivity index (χ0v) is 43.7. The molecular formula is C57H86N4O4. The fraction of sp³-hybridized carbons (Fsp3) is 0.561. The van der Waals surface area contributed by atoms with Gasteiger partial charge in [-0.15, -0.1) is 0 Å². The van der Waals surface area contributed by atoms with Crippen LogP contribution in [-0.2, 0) is 52.8 Å². The van der Waals surface area contributed by atoms with E-state index >= 15 is 0 Å². The molecule has 0 aliphatic rings. The Labute approximate surface area is 393 Å². The van der Waals surface area contributed by atoms with Gasteiger partial charge in [0.05, 0.1) is 6.54 Å². The average molecular weight is 891 g/mol. The number of rotatable bonds is 14. The molecule has 0 saturated carbocycles. The van der Waals surface area contributed by atoms with Crippen molar-refractivity contribution in [1.82, 2.24) is 0 Å². The summed E-state index contributed by atoms with van der Waals surface area (Å²) in [7, 11) is 0. The molecular weight excluding hydrogens is 805 g/mol. The molecule has 358 valence electrons. The van der Waals surface area contributed by atoms with Crippen LogP contribution in [0.25, 0.3) is 0 Å². The number of hydrogen-bond acceptors (Lipinski definition) is 6. The number of aromatic hydroxyl groups is 2. The Kier molecular flexibility index (Phi) is 16.0. The van der Waals surface area contributed by atoms with E-state index in [4.69, 9.17) is 26.7 Å². The maximum absolute atomic E-state index is 12.6. The molecule has 4 rings (SSSR count). The van der Waals surface area contributed by atoms with E-state index in [-0.39, 0.29) is 44.2 Å². The van der Waals surface area contributed by atoms with Gasteiger partial charge in [0.1, 0.15) is 36.2 Å². The molecule has 0 atom stereocenters. The molecule has 0 spiro atoms. The summed E-state index contributed by atoms with van der Waals surface area (Å²) in [6, 6.07) is 17.6. The summed E-state index contributed by atoms with van der Waals surface area (Å²) in [6.07, 6.45) is 2.13. The first-order valence-corrected chi connectivity index (χ1v) is 23.7. The Morgan fingerprint density at radius 2 is 0.800 bits per heavy atom. The van der Waals surface area contributed by atoms with Gasteiger partial charge in [-0.2, -0.15) is 0 Å². The lowest BCUT2D eigenvalue weighted by Crippen LogP contribution is -2.24. The highest BCUT2D eigenvalue weighted by atomic mass is 16.5. The predicted octanol–water partition coefficient (Wildman–Crippen LogP) is 11.9. The van der Waals surface area contributed by atoms with Crippen LogP contribution in [0.1, 0.15) is 191 Å². The Morgan fingerprint density at radius 3 is 1.15 bits per heavy atom. The summed E-state index contributed by atoms with van der Waals surface area (Å²) in [5.74, 6) is 2.15. The standard InChI is InChI=1S/C57H86N4O4/c1-52(2,3)34-41-32-44(55(10,11)12)31-40(50(41)65-22-20-61-51(59)60)24-36-27-42(53(4,5)6)26-35(47(36)62)23-38-29-43(54(7,8)9)30-39(49(38)64-21-19-58)25-37-28-45(56(13,14)15)33-46(48(37)63)57(16,17)18/h26-33,62-63H,19-25,34,58H2,1-18H3,(H4,59,60,61). The molecule has 0 heterocycles. The first-order chi connectivity index (χ1) is 29.6. The van der Waals surface area contributed by atoms with E-state index in [1.54, 1.807) is 0 Å². The minimum atomic E-state index is -0.270. The molecule has 8 heteroatoms. The molecule has 0 radical (unpaired) electrons. The van der Waals surface area contributed by atoms with Gasteiger partial charge >= 0.3 is 0 Å². The molecule has 0 bridgehead atoms. The van der Waals surface area contributed by atoms with Crippen molar-refractivity contribution < 1.29 is 19.7 Å². The van der Waals surface area contributed by atoms with Gasteiger partial charge in [0.15, 0.2) is 5.96 Å². The van der Waals surface area contributed by atoms with E-state index in [2.05, 4.69) is 178 Å². The lowest BCUT2D eigenvalue weighted by Gasteiger charge is -2.29. The average Bonchev–Trinajstić information content (AvgIpc) is 3.13. The smallest absolute Gasteiger partial charge is 0.186 e. The largest absolute Gasteiger partial charge is 0.507 e. The van der Waals surface area contributed by atoms with Gasteiger partial charge in [0, 0.05) is 25.8 Å². The number of aliphatic imine (C=N–C) groups is 1. The van der Waals surface area contributed by atoms with E-state index in [0.717, 1.165) is 73.6 Å². The number of nitrogens with zero attached hydrogens (tertiary/aromatic N) is 1. The Bertz CT molecular complexity index is 2330. The lowest BCUT2D eigenvalue weighted by atomic mass is 9.77. The Hall–Kier alpha value is -4.69. The second-order valence-corrected chi connectivity index (χ2v) is 24.7. The number of phenolic OH excluding ortho intramolecular Hbond substituents is 2. The van der Waals surface area contributed by atoms with E-state index in [0.29, 0.717) is 51.3 Å². The maximum atomic E-state index is 12.6. The topological polar surface area (TPSA) is 149 Å². The molecule has 0 aliphatic heterocycles. The molecule has 0 amide bonds. The van der Waals surface area contributed by atoms with Gasteiger partial charge in [-0.3, -0.25) is 4.99 Å². The highest BCUT2D eigenvalue weighted by Crippen LogP contribution is 2.44. The molecule has 65 heavy (non-hydrogen) atoms. The SMILES string of the molecule is CC(C)(C)Cc1cc(C(C)(C)C)cc(Cc2cc(C(C)(C)C)cc(Cc3cc(C(C)(C)C)cc(Cc4cc(C(C)(C)C)cc(C(C)(C)C)c4O)c3OCCN)c2O)c1OCCN=C(N)N. The summed E-state index contributed by atoms with van der Waals surface area (Å²) >= 11 is 0. The van der Waals surface area contributed by atoms with E-state index in [9.17, 15) is 10.2 Å². The van der Waals surface area contributed by atoms with Gasteiger partial charge in [-0.05, 0) is 106 Å². The number of ether oxygens (including phenoxy) is 2. The third-order valence-electron chi connectivity index (χ3n) is 12.1. The normalized spacial score (nSPS) is 13.0. The number of guanidine groups is 1. The van der Waals surface area contributed by atoms with Crippen molar-refractivity contribution in [3.8, 4) is 23.0 Å². The van der Waals surface area contributed by atoms with E-state index in [1.807, 2.05) is 0 Å². The van der Waals surface area contributed by atoms with Crippen LogP contribution in [0.4, 0.5) is 0 Å². The Morgan fingerprint density at radius 1 is 0.462 bits per heavy atom. The summed E-state index contributed by atoms with van der Waals surface area (Å²) in [4.78, 5) is 4.20. The lowest BCUT2D eigenvalue weighted by molar-refractivity contribution is 0.314. The second-order valence-electron chi connectivity index (χ2n) is 24.7. The van der Waals surface area contributed by atoms with Crippen LogP contribution in [0.2, 0.25) is 0 Å². The number of phenols is 2. The van der Waals surface area contributed by atoms with Crippen molar-refractivity contribution in [2.45, 2.75) is 177 Å². The fourth-order valence-electron chi connectivity index (χ4n) is 8.24. The van der Waals surface area contributed by atoms with Crippen LogP contribution in [0, 0.1) is 5.41 Å². The monoisotopic (exact) mass is 891 g/mol. The minimum Gasteiger partial charge on any atom is -0.507 e. The van der Waals surface area contributed by atoms with Crippen LogP contribution in [0.15, 0.2) is 53.5 Å². The summed E-state index contributed by atoms with van der Waals surface area (Å²) in [5.41, 5.74) is 28.7. The summed E-state index contributed by atoms with van der Waals surface area (Å²) < 4.78 is 13.3. The van der Waals surface area contributed by atoms with Crippen molar-refractivity contribution in [1.29, 1.82) is 0 Å².